The van der Waals surface area contributed by atoms with E-state index in [2.05, 4.69) is 34.9 Å². The highest BCUT2D eigenvalue weighted by Gasteiger charge is 1.96. The van der Waals surface area contributed by atoms with Gasteiger partial charge in [0, 0.05) is 10.8 Å². The molecular weight excluding hydrogens is 142 g/mol. The Morgan fingerprint density at radius 3 is 3.10 bits per heavy atom. The van der Waals surface area contributed by atoms with Gasteiger partial charge < -0.3 is 0 Å². The van der Waals surface area contributed by atoms with Gasteiger partial charge in [-0.3, -0.25) is 0 Å². The number of hydrogen-bond donors (Lipinski definition) is 0. The fourth-order valence-corrected chi connectivity index (χ4v) is 1.75. The van der Waals surface area contributed by atoms with Crippen LogP contribution >= 0.6 is 11.5 Å². The molecule has 0 amide bonds. The minimum absolute atomic E-state index is 1.15. The fraction of sp³-hybridized carbons (Fsp3) is 0.125. The molecule has 0 aliphatic heterocycles. The summed E-state index contributed by atoms with van der Waals surface area (Å²) in [5.74, 6) is 0. The van der Waals surface area contributed by atoms with Crippen LogP contribution in [0.1, 0.15) is 5.56 Å². The molecule has 0 saturated carbocycles. The first-order valence-corrected chi connectivity index (χ1v) is 4.01. The lowest BCUT2D eigenvalue weighted by Gasteiger charge is -1.90. The smallest absolute Gasteiger partial charge is 0.0869 e. The van der Waals surface area contributed by atoms with Crippen LogP contribution in [0.3, 0.4) is 0 Å². The summed E-state index contributed by atoms with van der Waals surface area (Å²) in [7, 11) is 0. The fourth-order valence-electron chi connectivity index (χ4n) is 1.04. The Balaban J connectivity index is 2.95. The van der Waals surface area contributed by atoms with E-state index >= 15 is 0 Å². The average molecular weight is 149 g/mol. The van der Waals surface area contributed by atoms with E-state index < -0.39 is 0 Å². The first kappa shape index (κ1) is 5.86. The van der Waals surface area contributed by atoms with Crippen LogP contribution in [0.25, 0.3) is 10.9 Å². The molecule has 0 aliphatic rings. The van der Waals surface area contributed by atoms with Crippen LogP contribution in [0.15, 0.2) is 23.6 Å². The number of hydrogen-bond acceptors (Lipinski definition) is 2. The molecule has 10 heavy (non-hydrogen) atoms. The summed E-state index contributed by atoms with van der Waals surface area (Å²) >= 11 is 1.52. The van der Waals surface area contributed by atoms with E-state index in [1.54, 1.807) is 0 Å². The molecular formula is C8H7NS. The number of rotatable bonds is 0. The Bertz CT molecular complexity index is 351. The maximum absolute atomic E-state index is 4.26. The van der Waals surface area contributed by atoms with Gasteiger partial charge >= 0.3 is 0 Å². The molecule has 2 aromatic rings. The van der Waals surface area contributed by atoms with E-state index in [9.17, 15) is 0 Å². The molecule has 0 aliphatic carbocycles. The molecule has 0 atom stereocenters. The van der Waals surface area contributed by atoms with E-state index in [0.29, 0.717) is 0 Å². The Morgan fingerprint density at radius 1 is 1.40 bits per heavy atom. The average Bonchev–Trinajstić information content (AvgIpc) is 2.36. The van der Waals surface area contributed by atoms with Crippen molar-refractivity contribution in [3.63, 3.8) is 0 Å². The zero-order chi connectivity index (χ0) is 6.97. The van der Waals surface area contributed by atoms with Gasteiger partial charge in [-0.05, 0) is 24.0 Å². The highest BCUT2D eigenvalue weighted by Crippen LogP contribution is 2.17. The Hall–Kier alpha value is -0.890. The van der Waals surface area contributed by atoms with E-state index in [1.807, 2.05) is 0 Å². The Kier molecular flexibility index (Phi) is 1.21. The summed E-state index contributed by atoms with van der Waals surface area (Å²) in [5, 5.41) is 3.33. The topological polar surface area (TPSA) is 12.9 Å². The van der Waals surface area contributed by atoms with Crippen molar-refractivity contribution in [3.8, 4) is 0 Å². The van der Waals surface area contributed by atoms with Crippen molar-refractivity contribution in [1.29, 1.82) is 0 Å². The first-order valence-electron chi connectivity index (χ1n) is 3.17. The summed E-state index contributed by atoms with van der Waals surface area (Å²) in [5.41, 5.74) is 2.41. The number of benzene rings is 1. The monoisotopic (exact) mass is 149 g/mol. The first-order chi connectivity index (χ1) is 4.88. The normalized spacial score (nSPS) is 10.5. The zero-order valence-electron chi connectivity index (χ0n) is 5.66. The molecule has 0 unspecified atom stereocenters. The molecule has 0 bridgehead atoms. The van der Waals surface area contributed by atoms with Crippen LogP contribution < -0.4 is 0 Å². The van der Waals surface area contributed by atoms with Gasteiger partial charge in [0.1, 0.15) is 0 Å². The van der Waals surface area contributed by atoms with E-state index in [-0.39, 0.29) is 0 Å². The molecule has 0 spiro atoms. The number of aromatic nitrogens is 1. The molecule has 1 heterocycles. The van der Waals surface area contributed by atoms with Gasteiger partial charge in [0.15, 0.2) is 0 Å². The third kappa shape index (κ3) is 0.727. The van der Waals surface area contributed by atoms with Gasteiger partial charge in [-0.2, -0.15) is 4.37 Å². The standard InChI is InChI=1S/C8H7NS/c1-6-3-2-4-7-5-10-9-8(6)7/h2-5H,1H3. The summed E-state index contributed by atoms with van der Waals surface area (Å²) in [6.07, 6.45) is 0. The third-order valence-corrected chi connectivity index (χ3v) is 2.24. The second-order valence-corrected chi connectivity index (χ2v) is 2.96. The molecule has 0 N–H and O–H groups in total. The minimum Gasteiger partial charge on any atom is -0.192 e. The summed E-state index contributed by atoms with van der Waals surface area (Å²) < 4.78 is 4.26. The molecule has 1 aromatic carbocycles. The molecule has 50 valence electrons. The molecule has 0 fully saturated rings. The van der Waals surface area contributed by atoms with Gasteiger partial charge in [-0.1, -0.05) is 18.2 Å². The minimum atomic E-state index is 1.15. The van der Waals surface area contributed by atoms with Crippen molar-refractivity contribution >= 4 is 22.4 Å². The highest BCUT2D eigenvalue weighted by atomic mass is 32.1. The lowest BCUT2D eigenvalue weighted by Crippen LogP contribution is -1.72. The second kappa shape index (κ2) is 2.06. The molecule has 2 heteroatoms. The van der Waals surface area contributed by atoms with Crippen molar-refractivity contribution in [2.45, 2.75) is 6.92 Å². The van der Waals surface area contributed by atoms with Crippen molar-refractivity contribution < 1.29 is 0 Å². The van der Waals surface area contributed by atoms with Crippen LogP contribution in [0.2, 0.25) is 0 Å². The predicted molar refractivity (Wildman–Crippen MR) is 44.4 cm³/mol. The molecule has 1 aromatic heterocycles. The van der Waals surface area contributed by atoms with Crippen LogP contribution in [-0.2, 0) is 0 Å². The summed E-state index contributed by atoms with van der Waals surface area (Å²) in [6.45, 7) is 2.09. The Morgan fingerprint density at radius 2 is 2.30 bits per heavy atom. The molecule has 0 radical (unpaired) electrons. The number of aryl methyl sites for hydroxylation is 1. The summed E-state index contributed by atoms with van der Waals surface area (Å²) in [6, 6.07) is 6.24. The van der Waals surface area contributed by atoms with E-state index in [4.69, 9.17) is 0 Å². The van der Waals surface area contributed by atoms with Crippen LogP contribution in [0.5, 0.6) is 0 Å². The largest absolute Gasteiger partial charge is 0.192 e. The SMILES string of the molecule is Cc1cccc2csnc12. The molecule has 2 rings (SSSR count). The van der Waals surface area contributed by atoms with Crippen LogP contribution in [0, 0.1) is 6.92 Å². The molecule has 1 nitrogen and oxygen atoms in total. The van der Waals surface area contributed by atoms with Crippen molar-refractivity contribution in [2.75, 3.05) is 0 Å². The van der Waals surface area contributed by atoms with Gasteiger partial charge in [0.25, 0.3) is 0 Å². The van der Waals surface area contributed by atoms with Gasteiger partial charge in [-0.25, -0.2) is 0 Å². The van der Waals surface area contributed by atoms with E-state index in [1.165, 1.54) is 22.5 Å². The lowest BCUT2D eigenvalue weighted by molar-refractivity contribution is 1.49. The maximum Gasteiger partial charge on any atom is 0.0869 e. The van der Waals surface area contributed by atoms with Gasteiger partial charge in [-0.15, -0.1) is 0 Å². The van der Waals surface area contributed by atoms with Crippen molar-refractivity contribution in [1.82, 2.24) is 4.37 Å². The summed E-state index contributed by atoms with van der Waals surface area (Å²) in [4.78, 5) is 0. The number of fused-ring (bicyclic) bond motifs is 1. The number of nitrogens with zero attached hydrogens (tertiary/aromatic N) is 1. The van der Waals surface area contributed by atoms with Crippen LogP contribution in [0.4, 0.5) is 0 Å². The third-order valence-electron chi connectivity index (χ3n) is 1.59. The highest BCUT2D eigenvalue weighted by molar-refractivity contribution is 7.04. The van der Waals surface area contributed by atoms with Crippen molar-refractivity contribution in [2.24, 2.45) is 0 Å². The van der Waals surface area contributed by atoms with E-state index in [0.717, 1.165) is 5.52 Å². The van der Waals surface area contributed by atoms with Gasteiger partial charge in [0.2, 0.25) is 0 Å². The maximum atomic E-state index is 4.26. The molecule has 0 saturated heterocycles. The van der Waals surface area contributed by atoms with Crippen molar-refractivity contribution in [3.05, 3.63) is 29.1 Å². The lowest BCUT2D eigenvalue weighted by atomic mass is 10.2. The van der Waals surface area contributed by atoms with Gasteiger partial charge in [0.05, 0.1) is 5.52 Å². The zero-order valence-corrected chi connectivity index (χ0v) is 6.48. The quantitative estimate of drug-likeness (QED) is 0.561. The Labute approximate surface area is 63.5 Å². The second-order valence-electron chi connectivity index (χ2n) is 2.33. The van der Waals surface area contributed by atoms with Crippen LogP contribution in [-0.4, -0.2) is 4.37 Å². The predicted octanol–water partition coefficient (Wildman–Crippen LogP) is 2.60.